The number of imidazole rings is 1. The normalized spacial score (nSPS) is 17.2. The maximum Gasteiger partial charge on any atom is 0.226 e. The predicted octanol–water partition coefficient (Wildman–Crippen LogP) is 3.10. The minimum Gasteiger partial charge on any atom is -0.458 e. The van der Waals surface area contributed by atoms with Gasteiger partial charge in [0.15, 0.2) is 0 Å². The zero-order valence-electron chi connectivity index (χ0n) is 12.9. The van der Waals surface area contributed by atoms with Crippen molar-refractivity contribution in [1.29, 1.82) is 0 Å². The van der Waals surface area contributed by atoms with E-state index < -0.39 is 0 Å². The second-order valence-electron chi connectivity index (χ2n) is 5.85. The summed E-state index contributed by atoms with van der Waals surface area (Å²) in [4.78, 5) is 18.8. The lowest BCUT2D eigenvalue weighted by atomic mass is 10.0. The zero-order valence-corrected chi connectivity index (χ0v) is 12.9. The monoisotopic (exact) mass is 317 g/mol. The summed E-state index contributed by atoms with van der Waals surface area (Å²) in [7, 11) is 0. The maximum atomic E-state index is 6.13. The Labute approximate surface area is 138 Å². The number of nitrogens with zero attached hydrogens (tertiary/aromatic N) is 4. The van der Waals surface area contributed by atoms with Crippen LogP contribution >= 0.6 is 0 Å². The van der Waals surface area contributed by atoms with E-state index in [-0.39, 0.29) is 6.04 Å². The van der Waals surface area contributed by atoms with Crippen LogP contribution in [0.4, 0.5) is 5.95 Å². The lowest BCUT2D eigenvalue weighted by Gasteiger charge is -2.33. The fourth-order valence-corrected chi connectivity index (χ4v) is 3.36. The number of aromatic nitrogens is 4. The summed E-state index contributed by atoms with van der Waals surface area (Å²) < 4.78 is 6.13. The molecule has 1 aliphatic rings. The van der Waals surface area contributed by atoms with Crippen molar-refractivity contribution in [3.8, 4) is 0 Å². The molecule has 24 heavy (non-hydrogen) atoms. The summed E-state index contributed by atoms with van der Waals surface area (Å²) in [6, 6.07) is 11.8. The molecule has 0 bridgehead atoms. The van der Waals surface area contributed by atoms with Gasteiger partial charge in [0.05, 0.1) is 12.0 Å². The lowest BCUT2D eigenvalue weighted by molar-refractivity contribution is 0.483. The molecular weight excluding hydrogens is 302 g/mol. The van der Waals surface area contributed by atoms with Crippen LogP contribution in [-0.4, -0.2) is 26.5 Å². The molecule has 118 valence electrons. The van der Waals surface area contributed by atoms with Crippen LogP contribution in [0.5, 0.6) is 0 Å². The Kier molecular flexibility index (Phi) is 2.88. The molecule has 0 spiro atoms. The average Bonchev–Trinajstić information content (AvgIpc) is 3.28. The second-order valence-corrected chi connectivity index (χ2v) is 5.85. The fraction of sp³-hybridized carbons (Fsp3) is 0.167. The van der Waals surface area contributed by atoms with E-state index in [0.29, 0.717) is 5.95 Å². The highest BCUT2D eigenvalue weighted by atomic mass is 16.3. The van der Waals surface area contributed by atoms with E-state index in [1.165, 1.54) is 0 Å². The second kappa shape index (κ2) is 5.19. The van der Waals surface area contributed by atoms with Crippen molar-refractivity contribution < 1.29 is 4.42 Å². The van der Waals surface area contributed by atoms with Gasteiger partial charge in [-0.2, -0.15) is 0 Å². The number of benzene rings is 1. The molecule has 0 saturated heterocycles. The van der Waals surface area contributed by atoms with Crippen LogP contribution < -0.4 is 4.90 Å². The largest absolute Gasteiger partial charge is 0.458 e. The molecule has 1 aromatic carbocycles. The first-order chi connectivity index (χ1) is 11.9. The Morgan fingerprint density at radius 3 is 2.83 bits per heavy atom. The number of fused-ring (bicyclic) bond motifs is 2. The molecular formula is C18H15N5O. The van der Waals surface area contributed by atoms with Gasteiger partial charge in [0.1, 0.15) is 17.4 Å². The number of aromatic amines is 1. The molecule has 0 saturated carbocycles. The van der Waals surface area contributed by atoms with Crippen LogP contribution in [0.1, 0.15) is 23.2 Å². The summed E-state index contributed by atoms with van der Waals surface area (Å²) in [6.45, 7) is 0.806. The van der Waals surface area contributed by atoms with Gasteiger partial charge in [-0.3, -0.25) is 0 Å². The van der Waals surface area contributed by atoms with Gasteiger partial charge in [-0.15, -0.1) is 0 Å². The van der Waals surface area contributed by atoms with Gasteiger partial charge in [-0.25, -0.2) is 15.0 Å². The number of hydrogen-bond acceptors (Lipinski definition) is 5. The number of furan rings is 1. The number of anilines is 1. The Hall–Kier alpha value is -3.15. The summed E-state index contributed by atoms with van der Waals surface area (Å²) in [5.41, 5.74) is 3.00. The van der Waals surface area contributed by atoms with Gasteiger partial charge in [-0.05, 0) is 18.2 Å². The van der Waals surface area contributed by atoms with Gasteiger partial charge >= 0.3 is 0 Å². The molecule has 4 aromatic rings. The van der Waals surface area contributed by atoms with Gasteiger partial charge < -0.3 is 14.3 Å². The summed E-state index contributed by atoms with van der Waals surface area (Å²) >= 11 is 0. The van der Waals surface area contributed by atoms with Crippen molar-refractivity contribution in [2.75, 3.05) is 11.4 Å². The van der Waals surface area contributed by atoms with Crippen LogP contribution in [0.3, 0.4) is 0 Å². The van der Waals surface area contributed by atoms with Crippen molar-refractivity contribution in [3.63, 3.8) is 0 Å². The number of H-pyrrole nitrogens is 1. The molecule has 4 heterocycles. The van der Waals surface area contributed by atoms with Crippen LogP contribution in [0.15, 0.2) is 59.5 Å². The molecule has 0 amide bonds. The van der Waals surface area contributed by atoms with Gasteiger partial charge in [-0.1, -0.05) is 18.2 Å². The van der Waals surface area contributed by atoms with Crippen LogP contribution in [0, 0.1) is 0 Å². The number of hydrogen-bond donors (Lipinski definition) is 1. The molecule has 1 atom stereocenters. The quantitative estimate of drug-likeness (QED) is 0.615. The van der Waals surface area contributed by atoms with Gasteiger partial charge in [0, 0.05) is 36.4 Å². The minimum atomic E-state index is -0.130. The first-order valence-electron chi connectivity index (χ1n) is 7.94. The molecule has 3 aromatic heterocycles. The van der Waals surface area contributed by atoms with E-state index in [1.807, 2.05) is 24.3 Å². The van der Waals surface area contributed by atoms with Crippen molar-refractivity contribution in [2.24, 2.45) is 0 Å². The summed E-state index contributed by atoms with van der Waals surface area (Å²) in [6.07, 6.45) is 6.15. The Balaban J connectivity index is 1.68. The molecule has 0 radical (unpaired) electrons. The third-order valence-corrected chi connectivity index (χ3v) is 4.45. The smallest absolute Gasteiger partial charge is 0.226 e. The van der Waals surface area contributed by atoms with E-state index in [0.717, 1.165) is 41.1 Å². The Morgan fingerprint density at radius 1 is 1.08 bits per heavy atom. The van der Waals surface area contributed by atoms with Crippen molar-refractivity contribution in [3.05, 3.63) is 72.3 Å². The molecule has 0 unspecified atom stereocenters. The summed E-state index contributed by atoms with van der Waals surface area (Å²) in [5, 5.41) is 1.09. The van der Waals surface area contributed by atoms with Gasteiger partial charge in [0.2, 0.25) is 5.95 Å². The van der Waals surface area contributed by atoms with E-state index in [9.17, 15) is 0 Å². The molecule has 0 aliphatic carbocycles. The van der Waals surface area contributed by atoms with Crippen LogP contribution in [0.2, 0.25) is 0 Å². The third-order valence-electron chi connectivity index (χ3n) is 4.45. The van der Waals surface area contributed by atoms with Crippen LogP contribution in [0.25, 0.3) is 11.0 Å². The van der Waals surface area contributed by atoms with Gasteiger partial charge in [0.25, 0.3) is 0 Å². The molecule has 6 heteroatoms. The topological polar surface area (TPSA) is 70.8 Å². The summed E-state index contributed by atoms with van der Waals surface area (Å²) in [5.74, 6) is 1.55. The van der Waals surface area contributed by atoms with Crippen LogP contribution in [-0.2, 0) is 6.42 Å². The van der Waals surface area contributed by atoms with Crippen molar-refractivity contribution >= 4 is 16.9 Å². The molecule has 0 fully saturated rings. The third kappa shape index (κ3) is 2.00. The van der Waals surface area contributed by atoms with E-state index in [2.05, 4.69) is 37.0 Å². The lowest BCUT2D eigenvalue weighted by Crippen LogP contribution is -2.37. The fourth-order valence-electron chi connectivity index (χ4n) is 3.36. The van der Waals surface area contributed by atoms with E-state index in [4.69, 9.17) is 4.42 Å². The molecule has 6 nitrogen and oxygen atoms in total. The Morgan fingerprint density at radius 2 is 1.96 bits per heavy atom. The highest BCUT2D eigenvalue weighted by molar-refractivity contribution is 5.78. The first kappa shape index (κ1) is 13.3. The van der Waals surface area contributed by atoms with E-state index in [1.54, 1.807) is 18.7 Å². The van der Waals surface area contributed by atoms with Crippen molar-refractivity contribution in [2.45, 2.75) is 12.5 Å². The number of nitrogens with one attached hydrogen (secondary N) is 1. The standard InChI is InChI=1S/C18H15N5O/c1-2-5-14-12(4-1)10-15(24-14)17-16-13(21-11-22-16)6-9-23(17)18-19-7-3-8-20-18/h1-5,7-8,10-11,17H,6,9H2,(H,21,22)/t17-/m0/s1. The molecule has 1 N–H and O–H groups in total. The van der Waals surface area contributed by atoms with E-state index >= 15 is 0 Å². The zero-order chi connectivity index (χ0) is 15.9. The minimum absolute atomic E-state index is 0.130. The average molecular weight is 317 g/mol. The SMILES string of the molecule is c1cnc(N2CCc3[nH]cnc3[C@@H]2c2cc3ccccc3o2)nc1. The maximum absolute atomic E-state index is 6.13. The number of rotatable bonds is 2. The predicted molar refractivity (Wildman–Crippen MR) is 89.7 cm³/mol. The molecule has 1 aliphatic heterocycles. The van der Waals surface area contributed by atoms with Crippen molar-refractivity contribution in [1.82, 2.24) is 19.9 Å². The first-order valence-corrected chi connectivity index (χ1v) is 7.94. The highest BCUT2D eigenvalue weighted by Gasteiger charge is 2.34. The Bertz CT molecular complexity index is 958. The highest BCUT2D eigenvalue weighted by Crippen LogP contribution is 2.37. The number of para-hydroxylation sites is 1. The molecule has 5 rings (SSSR count).